The predicted octanol–water partition coefficient (Wildman–Crippen LogP) is 7.48. The third-order valence-electron chi connectivity index (χ3n) is 9.03. The fraction of sp³-hybridized carbons (Fsp3) is 0.929. The van der Waals surface area contributed by atoms with Crippen LogP contribution in [0, 0.1) is 11.8 Å². The Balaban J connectivity index is 3.07. The molecule has 8 heteroatoms. The zero-order valence-electron chi connectivity index (χ0n) is 24.7. The minimum absolute atomic E-state index is 0.0995. The first-order valence-corrected chi connectivity index (χ1v) is 19.8. The van der Waals surface area contributed by atoms with Gasteiger partial charge in [0.25, 0.3) is 0 Å². The van der Waals surface area contributed by atoms with Gasteiger partial charge in [0.05, 0.1) is 13.2 Å². The molecule has 0 saturated heterocycles. The van der Waals surface area contributed by atoms with Gasteiger partial charge in [-0.1, -0.05) is 60.8 Å². The Bertz CT molecular complexity index is 619. The van der Waals surface area contributed by atoms with Crippen molar-refractivity contribution in [2.75, 3.05) is 13.7 Å². The third kappa shape index (κ3) is 9.88. The number of carbonyl (C=O) groups is 2. The molecule has 36 heavy (non-hydrogen) atoms. The Kier molecular flexibility index (Phi) is 15.7. The SMILES string of the molecule is CC[Si](CC)(CC)OC[C@@H]1[C@@H](CCCCCCC(=O)OC)[C@@H](OC(C)=O)C[C@H]1O[Si](CC)(CC)CC. The molecule has 212 valence electrons. The van der Waals surface area contributed by atoms with Crippen molar-refractivity contribution in [1.29, 1.82) is 0 Å². The van der Waals surface area contributed by atoms with Gasteiger partial charge >= 0.3 is 11.9 Å². The van der Waals surface area contributed by atoms with Crippen LogP contribution in [0.2, 0.25) is 36.3 Å². The van der Waals surface area contributed by atoms with E-state index < -0.39 is 16.6 Å². The lowest BCUT2D eigenvalue weighted by atomic mass is 9.89. The third-order valence-corrected chi connectivity index (χ3v) is 18.3. The van der Waals surface area contributed by atoms with Gasteiger partial charge in [0.2, 0.25) is 0 Å². The van der Waals surface area contributed by atoms with Crippen LogP contribution in [-0.4, -0.2) is 54.5 Å². The van der Waals surface area contributed by atoms with Crippen molar-refractivity contribution in [2.24, 2.45) is 11.8 Å². The molecule has 0 aromatic heterocycles. The molecule has 0 aromatic carbocycles. The second kappa shape index (κ2) is 17.0. The number of methoxy groups -OCH3 is 1. The van der Waals surface area contributed by atoms with E-state index in [2.05, 4.69) is 41.5 Å². The molecule has 0 spiro atoms. The monoisotopic (exact) mass is 544 g/mol. The smallest absolute Gasteiger partial charge is 0.305 e. The van der Waals surface area contributed by atoms with E-state index in [-0.39, 0.29) is 36.0 Å². The molecule has 1 fully saturated rings. The molecule has 0 radical (unpaired) electrons. The summed E-state index contributed by atoms with van der Waals surface area (Å²) in [7, 11) is -2.11. The fourth-order valence-electron chi connectivity index (χ4n) is 6.00. The largest absolute Gasteiger partial charge is 0.469 e. The average molecular weight is 545 g/mol. The highest BCUT2D eigenvalue weighted by atomic mass is 28.4. The Morgan fingerprint density at radius 2 is 1.31 bits per heavy atom. The minimum Gasteiger partial charge on any atom is -0.469 e. The van der Waals surface area contributed by atoms with Crippen LogP contribution in [0.25, 0.3) is 0 Å². The molecule has 4 atom stereocenters. The molecule has 1 aliphatic rings. The van der Waals surface area contributed by atoms with Gasteiger partial charge in [0.1, 0.15) is 6.10 Å². The fourth-order valence-corrected chi connectivity index (χ4v) is 11.6. The summed E-state index contributed by atoms with van der Waals surface area (Å²) >= 11 is 0. The Morgan fingerprint density at radius 3 is 1.81 bits per heavy atom. The molecular weight excluding hydrogens is 488 g/mol. The lowest BCUT2D eigenvalue weighted by molar-refractivity contribution is -0.148. The molecule has 0 heterocycles. The normalized spacial score (nSPS) is 22.6. The van der Waals surface area contributed by atoms with Crippen molar-refractivity contribution >= 4 is 28.6 Å². The van der Waals surface area contributed by atoms with Gasteiger partial charge in [0.15, 0.2) is 16.6 Å². The van der Waals surface area contributed by atoms with E-state index >= 15 is 0 Å². The van der Waals surface area contributed by atoms with Gasteiger partial charge in [-0.2, -0.15) is 0 Å². The first-order valence-electron chi connectivity index (χ1n) is 14.7. The Labute approximate surface area is 223 Å². The highest BCUT2D eigenvalue weighted by molar-refractivity contribution is 6.74. The summed E-state index contributed by atoms with van der Waals surface area (Å²) in [6, 6.07) is 6.75. The quantitative estimate of drug-likeness (QED) is 0.0953. The summed E-state index contributed by atoms with van der Waals surface area (Å²) in [6.45, 7) is 15.9. The zero-order valence-corrected chi connectivity index (χ0v) is 26.7. The summed E-state index contributed by atoms with van der Waals surface area (Å²) < 4.78 is 24.6. The number of carbonyl (C=O) groups excluding carboxylic acids is 2. The van der Waals surface area contributed by atoms with Crippen molar-refractivity contribution in [3.63, 3.8) is 0 Å². The van der Waals surface area contributed by atoms with Crippen molar-refractivity contribution in [3.05, 3.63) is 0 Å². The van der Waals surface area contributed by atoms with E-state index in [4.69, 9.17) is 18.3 Å². The van der Waals surface area contributed by atoms with E-state index in [0.29, 0.717) is 6.42 Å². The van der Waals surface area contributed by atoms with Gasteiger partial charge in [0, 0.05) is 38.2 Å². The molecule has 0 amide bonds. The lowest BCUT2D eigenvalue weighted by Crippen LogP contribution is -2.44. The Morgan fingerprint density at radius 1 is 0.750 bits per heavy atom. The topological polar surface area (TPSA) is 71.1 Å². The van der Waals surface area contributed by atoms with E-state index in [1.165, 1.54) is 14.0 Å². The van der Waals surface area contributed by atoms with E-state index in [9.17, 15) is 9.59 Å². The molecule has 0 bridgehead atoms. The van der Waals surface area contributed by atoms with Crippen LogP contribution in [0.5, 0.6) is 0 Å². The summed E-state index contributed by atoms with van der Waals surface area (Å²) in [6.07, 6.45) is 6.26. The van der Waals surface area contributed by atoms with Gasteiger partial charge in [-0.15, -0.1) is 0 Å². The summed E-state index contributed by atoms with van der Waals surface area (Å²) in [5.74, 6) is 0.183. The highest BCUT2D eigenvalue weighted by Crippen LogP contribution is 2.43. The van der Waals surface area contributed by atoms with Crippen LogP contribution in [0.4, 0.5) is 0 Å². The maximum absolute atomic E-state index is 12.1. The molecule has 6 nitrogen and oxygen atoms in total. The summed E-state index contributed by atoms with van der Waals surface area (Å²) in [5.41, 5.74) is 0. The van der Waals surface area contributed by atoms with E-state index in [0.717, 1.165) is 81.4 Å². The molecular formula is C28H56O6Si2. The molecule has 1 aliphatic carbocycles. The maximum atomic E-state index is 12.1. The molecule has 0 N–H and O–H groups in total. The molecule has 0 aromatic rings. The molecule has 0 unspecified atom stereocenters. The van der Waals surface area contributed by atoms with Crippen molar-refractivity contribution in [2.45, 2.75) is 142 Å². The van der Waals surface area contributed by atoms with E-state index in [1.54, 1.807) is 0 Å². The second-order valence-electron chi connectivity index (χ2n) is 10.7. The number of rotatable bonds is 19. The first kappa shape index (κ1) is 33.3. The maximum Gasteiger partial charge on any atom is 0.305 e. The molecule has 1 rings (SSSR count). The van der Waals surface area contributed by atoms with Crippen LogP contribution < -0.4 is 0 Å². The van der Waals surface area contributed by atoms with Crippen LogP contribution in [0.15, 0.2) is 0 Å². The van der Waals surface area contributed by atoms with Crippen molar-refractivity contribution in [1.82, 2.24) is 0 Å². The van der Waals surface area contributed by atoms with Gasteiger partial charge < -0.3 is 18.3 Å². The number of hydrogen-bond acceptors (Lipinski definition) is 6. The average Bonchev–Trinajstić information content (AvgIpc) is 3.20. The van der Waals surface area contributed by atoms with Crippen LogP contribution in [-0.2, 0) is 27.9 Å². The standard InChI is InChI=1S/C28H56O6Si2/c1-9-35(10-2,11-3)32-22-25-24(19-17-15-16-18-20-28(30)31-8)26(33-23(7)29)21-27(25)34-36(12-4,13-5)14-6/h24-27H,9-22H2,1-8H3/t24-,25-,26+,27-/m1/s1. The van der Waals surface area contributed by atoms with Crippen LogP contribution in [0.1, 0.15) is 93.4 Å². The Hall–Kier alpha value is -0.706. The summed E-state index contributed by atoms with van der Waals surface area (Å²) in [4.78, 5) is 23.5. The predicted molar refractivity (Wildman–Crippen MR) is 152 cm³/mol. The molecule has 0 aliphatic heterocycles. The first-order chi connectivity index (χ1) is 17.2. The van der Waals surface area contributed by atoms with Gasteiger partial charge in [-0.05, 0) is 49.1 Å². The van der Waals surface area contributed by atoms with Crippen LogP contribution in [0.3, 0.4) is 0 Å². The second-order valence-corrected chi connectivity index (χ2v) is 20.2. The number of ether oxygens (including phenoxy) is 2. The highest BCUT2D eigenvalue weighted by Gasteiger charge is 2.48. The zero-order chi connectivity index (χ0) is 27.2. The van der Waals surface area contributed by atoms with Crippen LogP contribution >= 0.6 is 0 Å². The number of unbranched alkanes of at least 4 members (excludes halogenated alkanes) is 3. The number of esters is 2. The summed E-state index contributed by atoms with van der Waals surface area (Å²) in [5, 5.41) is 0. The number of hydrogen-bond donors (Lipinski definition) is 0. The van der Waals surface area contributed by atoms with Crippen molar-refractivity contribution < 1.29 is 27.9 Å². The molecule has 1 saturated carbocycles. The van der Waals surface area contributed by atoms with E-state index in [1.807, 2.05) is 0 Å². The van der Waals surface area contributed by atoms with Gasteiger partial charge in [-0.3, -0.25) is 9.59 Å². The van der Waals surface area contributed by atoms with Gasteiger partial charge in [-0.25, -0.2) is 0 Å². The van der Waals surface area contributed by atoms with Crippen molar-refractivity contribution in [3.8, 4) is 0 Å². The lowest BCUT2D eigenvalue weighted by Gasteiger charge is -2.37. The minimum atomic E-state index is -1.82.